The van der Waals surface area contributed by atoms with Gasteiger partial charge in [0.1, 0.15) is 5.82 Å². The van der Waals surface area contributed by atoms with Crippen molar-refractivity contribution in [3.05, 3.63) is 35.5 Å². The first kappa shape index (κ1) is 13.8. The number of carbonyl (C=O) groups is 1. The van der Waals surface area contributed by atoms with Crippen molar-refractivity contribution >= 4 is 22.6 Å². The molecule has 21 heavy (non-hydrogen) atoms. The summed E-state index contributed by atoms with van der Waals surface area (Å²) in [5.41, 5.74) is 1.24. The van der Waals surface area contributed by atoms with E-state index >= 15 is 0 Å². The molecule has 1 aliphatic heterocycles. The van der Waals surface area contributed by atoms with Crippen LogP contribution in [-0.4, -0.2) is 44.4 Å². The van der Waals surface area contributed by atoms with E-state index in [1.54, 1.807) is 0 Å². The van der Waals surface area contributed by atoms with Crippen LogP contribution in [0.15, 0.2) is 24.3 Å². The second-order valence-electron chi connectivity index (χ2n) is 5.05. The quantitative estimate of drug-likeness (QED) is 0.792. The minimum absolute atomic E-state index is 0.387. The maximum Gasteiger partial charge on any atom is 0.357 e. The van der Waals surface area contributed by atoms with Crippen molar-refractivity contribution in [3.8, 4) is 0 Å². The van der Waals surface area contributed by atoms with Gasteiger partial charge in [-0.05, 0) is 17.9 Å². The van der Waals surface area contributed by atoms with Crippen molar-refractivity contribution in [2.75, 3.05) is 38.3 Å². The van der Waals surface area contributed by atoms with Crippen LogP contribution < -0.4 is 4.90 Å². The molecule has 1 fully saturated rings. The number of methoxy groups -OCH3 is 1. The highest BCUT2D eigenvalue weighted by molar-refractivity contribution is 6.01. The van der Waals surface area contributed by atoms with E-state index in [4.69, 9.17) is 9.47 Å². The Labute approximate surface area is 123 Å². The van der Waals surface area contributed by atoms with Crippen molar-refractivity contribution in [2.45, 2.75) is 6.92 Å². The number of esters is 1. The molecule has 1 saturated heterocycles. The number of ether oxygens (including phenoxy) is 2. The molecule has 3 rings (SSSR count). The number of carbonyl (C=O) groups excluding carboxylic acids is 1. The molecule has 0 aliphatic carbocycles. The summed E-state index contributed by atoms with van der Waals surface area (Å²) in [6.07, 6.45) is 0. The number of aryl methyl sites for hydroxylation is 1. The summed E-state index contributed by atoms with van der Waals surface area (Å²) >= 11 is 0. The highest BCUT2D eigenvalue weighted by Crippen LogP contribution is 2.29. The number of rotatable bonds is 2. The summed E-state index contributed by atoms with van der Waals surface area (Å²) in [6, 6.07) is 8.02. The first-order valence-electron chi connectivity index (χ1n) is 7.02. The molecule has 0 N–H and O–H groups in total. The van der Waals surface area contributed by atoms with E-state index in [0.29, 0.717) is 18.9 Å². The Morgan fingerprint density at radius 2 is 1.90 bits per heavy atom. The van der Waals surface area contributed by atoms with Gasteiger partial charge in [0.05, 0.1) is 20.3 Å². The van der Waals surface area contributed by atoms with Gasteiger partial charge in [-0.15, -0.1) is 0 Å². The van der Waals surface area contributed by atoms with Gasteiger partial charge in [-0.2, -0.15) is 0 Å². The Balaban J connectivity index is 2.21. The minimum Gasteiger partial charge on any atom is -0.464 e. The van der Waals surface area contributed by atoms with Gasteiger partial charge in [0.15, 0.2) is 5.69 Å². The maximum absolute atomic E-state index is 12.0. The predicted molar refractivity (Wildman–Crippen MR) is 80.9 cm³/mol. The fourth-order valence-electron chi connectivity index (χ4n) is 2.69. The number of nitrogens with zero attached hydrogens (tertiary/aromatic N) is 2. The van der Waals surface area contributed by atoms with Crippen LogP contribution in [0.5, 0.6) is 0 Å². The third kappa shape index (κ3) is 2.45. The summed E-state index contributed by atoms with van der Waals surface area (Å²) in [7, 11) is 1.38. The molecule has 0 saturated carbocycles. The van der Waals surface area contributed by atoms with Crippen molar-refractivity contribution in [1.82, 2.24) is 4.98 Å². The average Bonchev–Trinajstić information content (AvgIpc) is 2.55. The molecule has 1 aromatic carbocycles. The summed E-state index contributed by atoms with van der Waals surface area (Å²) < 4.78 is 10.3. The van der Waals surface area contributed by atoms with Gasteiger partial charge >= 0.3 is 5.97 Å². The van der Waals surface area contributed by atoms with E-state index in [1.807, 2.05) is 31.2 Å². The fraction of sp³-hybridized carbons (Fsp3) is 0.375. The molecular formula is C16H18N2O3. The molecule has 2 aromatic rings. The van der Waals surface area contributed by atoms with Gasteiger partial charge in [0.2, 0.25) is 0 Å². The van der Waals surface area contributed by atoms with Crippen LogP contribution >= 0.6 is 0 Å². The second-order valence-corrected chi connectivity index (χ2v) is 5.05. The third-order valence-electron chi connectivity index (χ3n) is 3.83. The van der Waals surface area contributed by atoms with Crippen LogP contribution in [0.25, 0.3) is 10.8 Å². The zero-order valence-electron chi connectivity index (χ0n) is 12.3. The van der Waals surface area contributed by atoms with Crippen molar-refractivity contribution in [1.29, 1.82) is 0 Å². The van der Waals surface area contributed by atoms with Crippen LogP contribution in [-0.2, 0) is 9.47 Å². The summed E-state index contributed by atoms with van der Waals surface area (Å²) in [5.74, 6) is 0.438. The smallest absolute Gasteiger partial charge is 0.357 e. The van der Waals surface area contributed by atoms with Crippen molar-refractivity contribution in [3.63, 3.8) is 0 Å². The fourth-order valence-corrected chi connectivity index (χ4v) is 2.69. The Morgan fingerprint density at radius 3 is 2.57 bits per heavy atom. The van der Waals surface area contributed by atoms with Crippen molar-refractivity contribution in [2.24, 2.45) is 0 Å². The Bertz CT molecular complexity index is 679. The van der Waals surface area contributed by atoms with Gasteiger partial charge in [0, 0.05) is 18.5 Å². The first-order valence-corrected chi connectivity index (χ1v) is 7.02. The average molecular weight is 286 g/mol. The van der Waals surface area contributed by atoms with E-state index in [-0.39, 0.29) is 0 Å². The third-order valence-corrected chi connectivity index (χ3v) is 3.83. The molecule has 0 spiro atoms. The molecule has 5 heteroatoms. The van der Waals surface area contributed by atoms with Crippen LogP contribution in [0.3, 0.4) is 0 Å². The zero-order chi connectivity index (χ0) is 14.8. The van der Waals surface area contributed by atoms with E-state index < -0.39 is 5.97 Å². The topological polar surface area (TPSA) is 51.7 Å². The normalized spacial score (nSPS) is 15.2. The first-order chi connectivity index (χ1) is 10.2. The van der Waals surface area contributed by atoms with E-state index in [9.17, 15) is 4.79 Å². The maximum atomic E-state index is 12.0. The van der Waals surface area contributed by atoms with E-state index in [1.165, 1.54) is 7.11 Å². The van der Waals surface area contributed by atoms with E-state index in [2.05, 4.69) is 9.88 Å². The van der Waals surface area contributed by atoms with Gasteiger partial charge in [0.25, 0.3) is 0 Å². The Morgan fingerprint density at radius 1 is 1.24 bits per heavy atom. The molecule has 5 nitrogen and oxygen atoms in total. The lowest BCUT2D eigenvalue weighted by atomic mass is 10.0. The largest absolute Gasteiger partial charge is 0.464 e. The van der Waals surface area contributed by atoms with Gasteiger partial charge in [-0.25, -0.2) is 9.78 Å². The molecule has 2 heterocycles. The van der Waals surface area contributed by atoms with Crippen LogP contribution in [0, 0.1) is 6.92 Å². The molecule has 110 valence electrons. The molecule has 0 bridgehead atoms. The number of morpholine rings is 1. The SMILES string of the molecule is COC(=O)c1nc(N2CCOCC2)c2ccccc2c1C. The zero-order valence-corrected chi connectivity index (χ0v) is 12.3. The van der Waals surface area contributed by atoms with E-state index in [0.717, 1.165) is 35.2 Å². The number of fused-ring (bicyclic) bond motifs is 1. The minimum atomic E-state index is -0.396. The number of anilines is 1. The monoisotopic (exact) mass is 286 g/mol. The molecule has 0 amide bonds. The standard InChI is InChI=1S/C16H18N2O3/c1-11-12-5-3-4-6-13(12)15(17-14(11)16(19)20-2)18-7-9-21-10-8-18/h3-6H,7-10H2,1-2H3. The van der Waals surface area contributed by atoms with Gasteiger partial charge < -0.3 is 14.4 Å². The summed E-state index contributed by atoms with van der Waals surface area (Å²) in [4.78, 5) is 18.7. The predicted octanol–water partition coefficient (Wildman–Crippen LogP) is 2.17. The second kappa shape index (κ2) is 5.69. The molecular weight excluding hydrogens is 268 g/mol. The summed E-state index contributed by atoms with van der Waals surface area (Å²) in [5, 5.41) is 2.10. The lowest BCUT2D eigenvalue weighted by Gasteiger charge is -2.29. The van der Waals surface area contributed by atoms with Crippen LogP contribution in [0.4, 0.5) is 5.82 Å². The Hall–Kier alpha value is -2.14. The number of pyridine rings is 1. The van der Waals surface area contributed by atoms with Crippen LogP contribution in [0.1, 0.15) is 16.1 Å². The lowest BCUT2D eigenvalue weighted by Crippen LogP contribution is -2.37. The lowest BCUT2D eigenvalue weighted by molar-refractivity contribution is 0.0593. The number of hydrogen-bond acceptors (Lipinski definition) is 5. The molecule has 0 radical (unpaired) electrons. The number of aromatic nitrogens is 1. The molecule has 1 aliphatic rings. The Kier molecular flexibility index (Phi) is 3.75. The van der Waals surface area contributed by atoms with Crippen molar-refractivity contribution < 1.29 is 14.3 Å². The number of benzene rings is 1. The van der Waals surface area contributed by atoms with Crippen LogP contribution in [0.2, 0.25) is 0 Å². The highest BCUT2D eigenvalue weighted by atomic mass is 16.5. The molecule has 0 atom stereocenters. The van der Waals surface area contributed by atoms with Gasteiger partial charge in [-0.1, -0.05) is 24.3 Å². The molecule has 1 aromatic heterocycles. The number of hydrogen-bond donors (Lipinski definition) is 0. The summed E-state index contributed by atoms with van der Waals surface area (Å²) in [6.45, 7) is 4.82. The molecule has 0 unspecified atom stereocenters. The van der Waals surface area contributed by atoms with Gasteiger partial charge in [-0.3, -0.25) is 0 Å². The highest BCUT2D eigenvalue weighted by Gasteiger charge is 2.21.